The number of sulfonamides is 1. The molecule has 7 heteroatoms. The van der Waals surface area contributed by atoms with E-state index in [0.717, 1.165) is 11.1 Å². The topological polar surface area (TPSA) is 88.4 Å². The first-order valence-electron chi connectivity index (χ1n) is 8.36. The van der Waals surface area contributed by atoms with Gasteiger partial charge in [0, 0.05) is 11.3 Å². The van der Waals surface area contributed by atoms with Crippen LogP contribution in [0.15, 0.2) is 70.2 Å². The first-order valence-corrected chi connectivity index (χ1v) is 9.84. The van der Waals surface area contributed by atoms with Gasteiger partial charge in [0.1, 0.15) is 5.76 Å². The van der Waals surface area contributed by atoms with Gasteiger partial charge in [0.25, 0.3) is 5.91 Å². The van der Waals surface area contributed by atoms with Crippen molar-refractivity contribution >= 4 is 21.6 Å². The van der Waals surface area contributed by atoms with E-state index in [1.807, 2.05) is 19.9 Å². The quantitative estimate of drug-likeness (QED) is 0.679. The number of benzene rings is 2. The van der Waals surface area contributed by atoms with E-state index < -0.39 is 10.0 Å². The first kappa shape index (κ1) is 18.9. The number of hydrogen-bond acceptors (Lipinski definition) is 4. The summed E-state index contributed by atoms with van der Waals surface area (Å²) in [5.74, 6) is 0.217. The summed E-state index contributed by atoms with van der Waals surface area (Å²) >= 11 is 0. The molecule has 0 aliphatic heterocycles. The van der Waals surface area contributed by atoms with E-state index in [2.05, 4.69) is 10.0 Å². The summed E-state index contributed by atoms with van der Waals surface area (Å²) in [4.78, 5) is 12.5. The monoisotopic (exact) mass is 384 g/mol. The van der Waals surface area contributed by atoms with Crippen molar-refractivity contribution in [3.63, 3.8) is 0 Å². The molecule has 0 atom stereocenters. The lowest BCUT2D eigenvalue weighted by atomic mass is 10.1. The fourth-order valence-corrected chi connectivity index (χ4v) is 3.53. The Morgan fingerprint density at radius 2 is 1.81 bits per heavy atom. The maximum Gasteiger partial charge on any atom is 0.255 e. The van der Waals surface area contributed by atoms with E-state index in [9.17, 15) is 13.2 Å². The molecule has 0 saturated carbocycles. The smallest absolute Gasteiger partial charge is 0.255 e. The molecule has 2 aromatic carbocycles. The zero-order valence-electron chi connectivity index (χ0n) is 15.0. The molecule has 3 aromatic rings. The summed E-state index contributed by atoms with van der Waals surface area (Å²) in [7, 11) is -3.73. The molecule has 1 heterocycles. The van der Waals surface area contributed by atoms with E-state index in [1.165, 1.54) is 18.4 Å². The summed E-state index contributed by atoms with van der Waals surface area (Å²) in [5, 5.41) is 2.74. The lowest BCUT2D eigenvalue weighted by Crippen LogP contribution is -2.23. The summed E-state index contributed by atoms with van der Waals surface area (Å²) in [5.41, 5.74) is 3.03. The van der Waals surface area contributed by atoms with Crippen LogP contribution < -0.4 is 10.0 Å². The SMILES string of the molecule is Cc1ccc(C(=O)Nc2cccc(S(=O)(=O)NCc3ccco3)c2)cc1C. The molecule has 2 N–H and O–H groups in total. The number of anilines is 1. The maximum atomic E-state index is 12.5. The summed E-state index contributed by atoms with van der Waals surface area (Å²) in [6, 6.07) is 14.9. The number of hydrogen-bond donors (Lipinski definition) is 2. The van der Waals surface area contributed by atoms with E-state index in [4.69, 9.17) is 4.42 Å². The predicted octanol–water partition coefficient (Wildman–Crippen LogP) is 3.63. The van der Waals surface area contributed by atoms with Gasteiger partial charge in [-0.15, -0.1) is 0 Å². The van der Waals surface area contributed by atoms with Crippen LogP contribution in [0.1, 0.15) is 27.2 Å². The highest BCUT2D eigenvalue weighted by atomic mass is 32.2. The minimum Gasteiger partial charge on any atom is -0.468 e. The molecule has 1 amide bonds. The van der Waals surface area contributed by atoms with Gasteiger partial charge in [-0.1, -0.05) is 12.1 Å². The molecular weight excluding hydrogens is 364 g/mol. The number of furan rings is 1. The van der Waals surface area contributed by atoms with Crippen LogP contribution >= 0.6 is 0 Å². The van der Waals surface area contributed by atoms with Gasteiger partial charge in [-0.3, -0.25) is 4.79 Å². The minimum atomic E-state index is -3.73. The van der Waals surface area contributed by atoms with Gasteiger partial charge in [0.2, 0.25) is 10.0 Å². The van der Waals surface area contributed by atoms with Crippen molar-refractivity contribution in [1.29, 1.82) is 0 Å². The van der Waals surface area contributed by atoms with E-state index in [1.54, 1.807) is 36.4 Å². The normalized spacial score (nSPS) is 11.3. The first-order chi connectivity index (χ1) is 12.8. The Hall–Kier alpha value is -2.90. The van der Waals surface area contributed by atoms with Crippen molar-refractivity contribution in [1.82, 2.24) is 4.72 Å². The summed E-state index contributed by atoms with van der Waals surface area (Å²) in [6.45, 7) is 3.96. The van der Waals surface area contributed by atoms with Gasteiger partial charge in [0.05, 0.1) is 17.7 Å². The number of carbonyl (C=O) groups is 1. The van der Waals surface area contributed by atoms with Crippen LogP contribution in [0.3, 0.4) is 0 Å². The Bertz CT molecular complexity index is 1060. The standard InChI is InChI=1S/C20H20N2O4S/c1-14-8-9-16(11-15(14)2)20(23)22-17-5-3-7-19(12-17)27(24,25)21-13-18-6-4-10-26-18/h3-12,21H,13H2,1-2H3,(H,22,23). The average molecular weight is 384 g/mol. The second kappa shape index (κ2) is 7.77. The number of nitrogens with one attached hydrogen (secondary N) is 2. The van der Waals surface area contributed by atoms with Gasteiger partial charge in [-0.05, 0) is 67.4 Å². The molecular formula is C20H20N2O4S. The van der Waals surface area contributed by atoms with E-state index >= 15 is 0 Å². The number of rotatable bonds is 6. The van der Waals surface area contributed by atoms with Crippen molar-refractivity contribution in [2.45, 2.75) is 25.3 Å². The van der Waals surface area contributed by atoms with Crippen LogP contribution in [0.25, 0.3) is 0 Å². The Kier molecular flexibility index (Phi) is 5.43. The molecule has 6 nitrogen and oxygen atoms in total. The molecule has 3 rings (SSSR count). The van der Waals surface area contributed by atoms with Gasteiger partial charge in [-0.25, -0.2) is 13.1 Å². The van der Waals surface area contributed by atoms with Crippen molar-refractivity contribution < 1.29 is 17.6 Å². The van der Waals surface area contributed by atoms with E-state index in [0.29, 0.717) is 17.0 Å². The molecule has 0 radical (unpaired) electrons. The third-order valence-corrected chi connectivity index (χ3v) is 5.59. The van der Waals surface area contributed by atoms with Gasteiger partial charge in [-0.2, -0.15) is 0 Å². The Labute approximate surface area is 158 Å². The Balaban J connectivity index is 1.74. The third kappa shape index (κ3) is 4.64. The van der Waals surface area contributed by atoms with Crippen LogP contribution in [0, 0.1) is 13.8 Å². The second-order valence-corrected chi connectivity index (χ2v) is 7.95. The molecule has 0 aliphatic carbocycles. The predicted molar refractivity (Wildman–Crippen MR) is 103 cm³/mol. The molecule has 27 heavy (non-hydrogen) atoms. The number of amides is 1. The van der Waals surface area contributed by atoms with Crippen molar-refractivity contribution in [2.75, 3.05) is 5.32 Å². The molecule has 0 spiro atoms. The zero-order valence-corrected chi connectivity index (χ0v) is 15.8. The minimum absolute atomic E-state index is 0.0502. The van der Waals surface area contributed by atoms with Crippen LogP contribution in [0.2, 0.25) is 0 Å². The van der Waals surface area contributed by atoms with Crippen molar-refractivity contribution in [3.05, 3.63) is 83.3 Å². The van der Waals surface area contributed by atoms with Crippen LogP contribution in [-0.2, 0) is 16.6 Å². The zero-order chi connectivity index (χ0) is 19.4. The second-order valence-electron chi connectivity index (χ2n) is 6.18. The van der Waals surface area contributed by atoms with E-state index in [-0.39, 0.29) is 17.3 Å². The largest absolute Gasteiger partial charge is 0.468 e. The van der Waals surface area contributed by atoms with Crippen LogP contribution in [-0.4, -0.2) is 14.3 Å². The fourth-order valence-electron chi connectivity index (χ4n) is 2.49. The molecule has 140 valence electrons. The summed E-state index contributed by atoms with van der Waals surface area (Å²) < 4.78 is 32.5. The highest BCUT2D eigenvalue weighted by molar-refractivity contribution is 7.89. The molecule has 0 bridgehead atoms. The lowest BCUT2D eigenvalue weighted by molar-refractivity contribution is 0.102. The fraction of sp³-hybridized carbons (Fsp3) is 0.150. The van der Waals surface area contributed by atoms with Crippen molar-refractivity contribution in [3.8, 4) is 0 Å². The molecule has 0 saturated heterocycles. The van der Waals surface area contributed by atoms with Gasteiger partial charge in [0.15, 0.2) is 0 Å². The third-order valence-electron chi connectivity index (χ3n) is 4.19. The molecule has 0 aliphatic rings. The maximum absolute atomic E-state index is 12.5. The van der Waals surface area contributed by atoms with Crippen molar-refractivity contribution in [2.24, 2.45) is 0 Å². The average Bonchev–Trinajstić information content (AvgIpc) is 3.16. The van der Waals surface area contributed by atoms with Gasteiger partial charge < -0.3 is 9.73 Å². The molecule has 0 unspecified atom stereocenters. The Morgan fingerprint density at radius 3 is 2.52 bits per heavy atom. The highest BCUT2D eigenvalue weighted by Gasteiger charge is 2.16. The van der Waals surface area contributed by atoms with Gasteiger partial charge >= 0.3 is 0 Å². The lowest BCUT2D eigenvalue weighted by Gasteiger charge is -2.10. The molecule has 1 aromatic heterocycles. The van der Waals surface area contributed by atoms with Crippen LogP contribution in [0.5, 0.6) is 0 Å². The summed E-state index contributed by atoms with van der Waals surface area (Å²) in [6.07, 6.45) is 1.48. The number of aryl methyl sites for hydroxylation is 2. The molecule has 0 fully saturated rings. The number of carbonyl (C=O) groups excluding carboxylic acids is 1. The van der Waals surface area contributed by atoms with Crippen LogP contribution in [0.4, 0.5) is 5.69 Å². The highest BCUT2D eigenvalue weighted by Crippen LogP contribution is 2.18. The Morgan fingerprint density at radius 1 is 1.00 bits per heavy atom.